The molecule has 3 rings (SSSR count). The maximum absolute atomic E-state index is 3.51. The summed E-state index contributed by atoms with van der Waals surface area (Å²) in [6.07, 6.45) is 0. The highest BCUT2D eigenvalue weighted by molar-refractivity contribution is 7.11. The molecule has 0 bridgehead atoms. The molecular formula is C17H17NS. The van der Waals surface area contributed by atoms with Gasteiger partial charge in [0.2, 0.25) is 0 Å². The van der Waals surface area contributed by atoms with Crippen molar-refractivity contribution in [3.63, 3.8) is 0 Å². The van der Waals surface area contributed by atoms with Gasteiger partial charge in [-0.25, -0.2) is 0 Å². The van der Waals surface area contributed by atoms with E-state index in [4.69, 9.17) is 0 Å². The highest BCUT2D eigenvalue weighted by atomic mass is 32.1. The maximum Gasteiger partial charge on any atom is 0.0303 e. The van der Waals surface area contributed by atoms with Gasteiger partial charge in [0.15, 0.2) is 0 Å². The van der Waals surface area contributed by atoms with Gasteiger partial charge in [-0.1, -0.05) is 36.4 Å². The van der Waals surface area contributed by atoms with Gasteiger partial charge in [-0.3, -0.25) is 0 Å². The molecule has 0 aliphatic heterocycles. The van der Waals surface area contributed by atoms with Crippen LogP contribution in [0.3, 0.4) is 0 Å². The van der Waals surface area contributed by atoms with E-state index in [1.165, 1.54) is 26.1 Å². The van der Waals surface area contributed by atoms with Crippen LogP contribution in [0.25, 0.3) is 10.8 Å². The van der Waals surface area contributed by atoms with Gasteiger partial charge in [-0.15, -0.1) is 11.3 Å². The van der Waals surface area contributed by atoms with Crippen molar-refractivity contribution in [2.45, 2.75) is 20.0 Å². The molecule has 0 radical (unpaired) electrons. The molecule has 0 aliphatic carbocycles. The van der Waals surface area contributed by atoms with E-state index in [1.54, 1.807) is 0 Å². The minimum atomic E-state index is 0.918. The molecule has 1 heterocycles. The van der Waals surface area contributed by atoms with Crippen LogP contribution in [0.15, 0.2) is 54.6 Å². The lowest BCUT2D eigenvalue weighted by Crippen LogP contribution is -2.11. The normalized spacial score (nSPS) is 11.0. The number of rotatable bonds is 4. The molecule has 0 atom stereocenters. The summed E-state index contributed by atoms with van der Waals surface area (Å²) in [7, 11) is 0. The third-order valence-electron chi connectivity index (χ3n) is 3.24. The van der Waals surface area contributed by atoms with E-state index >= 15 is 0 Å². The second-order valence-electron chi connectivity index (χ2n) is 4.80. The van der Waals surface area contributed by atoms with E-state index in [9.17, 15) is 0 Å². The number of fused-ring (bicyclic) bond motifs is 1. The zero-order valence-corrected chi connectivity index (χ0v) is 11.8. The zero-order valence-electron chi connectivity index (χ0n) is 11.0. The van der Waals surface area contributed by atoms with Gasteiger partial charge in [0.05, 0.1) is 0 Å². The molecule has 3 aromatic rings. The maximum atomic E-state index is 3.51. The fraction of sp³-hybridized carbons (Fsp3) is 0.176. The Labute approximate surface area is 117 Å². The van der Waals surface area contributed by atoms with Crippen molar-refractivity contribution < 1.29 is 0 Å². The van der Waals surface area contributed by atoms with E-state index in [0.717, 1.165) is 13.1 Å². The van der Waals surface area contributed by atoms with E-state index in [2.05, 4.69) is 66.8 Å². The molecule has 0 amide bonds. The van der Waals surface area contributed by atoms with Gasteiger partial charge in [0.25, 0.3) is 0 Å². The third kappa shape index (κ3) is 3.03. The summed E-state index contributed by atoms with van der Waals surface area (Å²) in [6.45, 7) is 4.02. The number of nitrogens with one attached hydrogen (secondary N) is 1. The van der Waals surface area contributed by atoms with Crippen molar-refractivity contribution >= 4 is 22.1 Å². The minimum Gasteiger partial charge on any atom is -0.308 e. The summed E-state index contributed by atoms with van der Waals surface area (Å²) in [4.78, 5) is 2.78. The van der Waals surface area contributed by atoms with Crippen LogP contribution in [0.5, 0.6) is 0 Å². The van der Waals surface area contributed by atoms with Crippen molar-refractivity contribution in [3.8, 4) is 0 Å². The Morgan fingerprint density at radius 1 is 0.895 bits per heavy atom. The van der Waals surface area contributed by atoms with Crippen LogP contribution in [0.4, 0.5) is 0 Å². The summed E-state index contributed by atoms with van der Waals surface area (Å²) in [6, 6.07) is 19.5. The van der Waals surface area contributed by atoms with Gasteiger partial charge >= 0.3 is 0 Å². The molecule has 0 fully saturated rings. The fourth-order valence-electron chi connectivity index (χ4n) is 2.26. The van der Waals surface area contributed by atoms with Gasteiger partial charge in [0, 0.05) is 22.8 Å². The van der Waals surface area contributed by atoms with Crippen LogP contribution in [0.2, 0.25) is 0 Å². The van der Waals surface area contributed by atoms with E-state index in [1.807, 2.05) is 11.3 Å². The van der Waals surface area contributed by atoms with Gasteiger partial charge in [-0.05, 0) is 41.5 Å². The summed E-state index contributed by atoms with van der Waals surface area (Å²) in [5.74, 6) is 0. The quantitative estimate of drug-likeness (QED) is 0.734. The van der Waals surface area contributed by atoms with E-state index in [-0.39, 0.29) is 0 Å². The van der Waals surface area contributed by atoms with Crippen LogP contribution < -0.4 is 5.32 Å². The molecule has 0 spiro atoms. The summed E-state index contributed by atoms with van der Waals surface area (Å²) in [5, 5.41) is 6.13. The molecule has 0 aliphatic rings. The zero-order chi connectivity index (χ0) is 13.1. The van der Waals surface area contributed by atoms with Crippen molar-refractivity contribution in [1.82, 2.24) is 5.32 Å². The summed E-state index contributed by atoms with van der Waals surface area (Å²) >= 11 is 1.86. The summed E-state index contributed by atoms with van der Waals surface area (Å²) < 4.78 is 0. The third-order valence-corrected chi connectivity index (χ3v) is 4.24. The smallest absolute Gasteiger partial charge is 0.0303 e. The largest absolute Gasteiger partial charge is 0.308 e. The molecular weight excluding hydrogens is 250 g/mol. The Hall–Kier alpha value is -1.64. The Kier molecular flexibility index (Phi) is 3.62. The van der Waals surface area contributed by atoms with Crippen molar-refractivity contribution in [2.75, 3.05) is 0 Å². The first-order chi connectivity index (χ1) is 9.31. The lowest BCUT2D eigenvalue weighted by atomic mass is 10.1. The molecule has 19 heavy (non-hydrogen) atoms. The monoisotopic (exact) mass is 267 g/mol. The number of hydrogen-bond donors (Lipinski definition) is 1. The van der Waals surface area contributed by atoms with E-state index in [0.29, 0.717) is 0 Å². The second-order valence-corrected chi connectivity index (χ2v) is 6.17. The molecule has 96 valence electrons. The van der Waals surface area contributed by atoms with Gasteiger partial charge in [0.1, 0.15) is 0 Å². The first-order valence-corrected chi connectivity index (χ1v) is 7.37. The molecule has 2 aromatic carbocycles. The number of thiophene rings is 1. The molecule has 1 nitrogen and oxygen atoms in total. The van der Waals surface area contributed by atoms with Crippen molar-refractivity contribution in [1.29, 1.82) is 0 Å². The predicted molar refractivity (Wildman–Crippen MR) is 83.5 cm³/mol. The SMILES string of the molecule is Cc1ccc(CNCc2ccc3ccccc3c2)s1. The average molecular weight is 267 g/mol. The highest BCUT2D eigenvalue weighted by Gasteiger charge is 1.98. The predicted octanol–water partition coefficient (Wildman–Crippen LogP) is 4.50. The van der Waals surface area contributed by atoms with Gasteiger partial charge < -0.3 is 5.32 Å². The average Bonchev–Trinajstić information content (AvgIpc) is 2.84. The standard InChI is InChI=1S/C17H17NS/c1-13-6-9-17(19-13)12-18-11-14-7-8-15-4-2-3-5-16(15)10-14/h2-10,18H,11-12H2,1H3. The Morgan fingerprint density at radius 2 is 1.74 bits per heavy atom. The number of aryl methyl sites for hydroxylation is 1. The lowest BCUT2D eigenvalue weighted by molar-refractivity contribution is 0.701. The topological polar surface area (TPSA) is 12.0 Å². The molecule has 1 N–H and O–H groups in total. The minimum absolute atomic E-state index is 0.918. The van der Waals surface area contributed by atoms with Crippen LogP contribution in [0.1, 0.15) is 15.3 Å². The van der Waals surface area contributed by atoms with Crippen LogP contribution in [-0.4, -0.2) is 0 Å². The van der Waals surface area contributed by atoms with Crippen LogP contribution in [0, 0.1) is 6.92 Å². The molecule has 0 unspecified atom stereocenters. The van der Waals surface area contributed by atoms with E-state index < -0.39 is 0 Å². The first-order valence-electron chi connectivity index (χ1n) is 6.55. The first kappa shape index (κ1) is 12.4. The lowest BCUT2D eigenvalue weighted by Gasteiger charge is -2.05. The Morgan fingerprint density at radius 3 is 2.53 bits per heavy atom. The second kappa shape index (κ2) is 5.55. The molecule has 2 heteroatoms. The molecule has 0 saturated heterocycles. The van der Waals surface area contributed by atoms with Crippen LogP contribution >= 0.6 is 11.3 Å². The Bertz CT molecular complexity index is 684. The van der Waals surface area contributed by atoms with Crippen molar-refractivity contribution in [2.24, 2.45) is 0 Å². The van der Waals surface area contributed by atoms with Crippen LogP contribution in [-0.2, 0) is 13.1 Å². The van der Waals surface area contributed by atoms with Crippen molar-refractivity contribution in [3.05, 3.63) is 69.9 Å². The fourth-order valence-corrected chi connectivity index (χ4v) is 3.12. The Balaban J connectivity index is 1.65. The highest BCUT2D eigenvalue weighted by Crippen LogP contribution is 2.17. The molecule has 0 saturated carbocycles. The number of hydrogen-bond acceptors (Lipinski definition) is 2. The van der Waals surface area contributed by atoms with Gasteiger partial charge in [-0.2, -0.15) is 0 Å². The molecule has 1 aromatic heterocycles. The summed E-state index contributed by atoms with van der Waals surface area (Å²) in [5.41, 5.74) is 1.34. The number of benzene rings is 2.